The molecule has 1 aromatic carbocycles. The minimum absolute atomic E-state index is 0. The zero-order valence-electron chi connectivity index (χ0n) is 11.7. The van der Waals surface area contributed by atoms with Gasteiger partial charge in [-0.1, -0.05) is 30.3 Å². The Morgan fingerprint density at radius 1 is 1.27 bits per heavy atom. The van der Waals surface area contributed by atoms with Gasteiger partial charge in [-0.15, -0.1) is 0 Å². The second kappa shape index (κ2) is 9.44. The molecule has 1 aliphatic rings. The van der Waals surface area contributed by atoms with Crippen LogP contribution < -0.4 is 34.7 Å². The molecule has 2 rings (SSSR count). The van der Waals surface area contributed by atoms with E-state index in [0.29, 0.717) is 0 Å². The van der Waals surface area contributed by atoms with E-state index < -0.39 is 42.3 Å². The second-order valence-electron chi connectivity index (χ2n) is 3.96. The van der Waals surface area contributed by atoms with E-state index in [9.17, 15) is 14.7 Å². The third-order valence-electron chi connectivity index (χ3n) is 2.49. The summed E-state index contributed by atoms with van der Waals surface area (Å²) in [6.07, 6.45) is -2.78. The molecule has 0 saturated heterocycles. The summed E-state index contributed by atoms with van der Waals surface area (Å²) >= 11 is 0. The van der Waals surface area contributed by atoms with Gasteiger partial charge < -0.3 is 35.1 Å². The van der Waals surface area contributed by atoms with Crippen molar-refractivity contribution in [2.45, 2.75) is 12.2 Å². The van der Waals surface area contributed by atoms with Crippen molar-refractivity contribution in [2.75, 3.05) is 6.61 Å². The van der Waals surface area contributed by atoms with E-state index in [2.05, 4.69) is 4.74 Å². The van der Waals surface area contributed by atoms with Gasteiger partial charge in [-0.05, 0) is 5.56 Å². The number of aromatic carboxylic acids is 1. The number of carbonyl (C=O) groups excluding carboxylic acids is 2. The van der Waals surface area contributed by atoms with Crippen LogP contribution in [0.2, 0.25) is 0 Å². The first-order valence-corrected chi connectivity index (χ1v) is 5.76. The van der Waals surface area contributed by atoms with Crippen LogP contribution >= 0.6 is 0 Å². The minimum atomic E-state index is -1.42. The molecule has 4 N–H and O–H groups in total. The minimum Gasteiger partial charge on any atom is -0.545 e. The molecule has 8 nitrogen and oxygen atoms in total. The summed E-state index contributed by atoms with van der Waals surface area (Å²) in [7, 11) is 0. The number of aliphatic hydroxyl groups is 4. The molecule has 0 unspecified atom stereocenters. The number of benzene rings is 1. The molecule has 9 heteroatoms. The summed E-state index contributed by atoms with van der Waals surface area (Å²) in [6.45, 7) is -0.671. The van der Waals surface area contributed by atoms with E-state index in [4.69, 9.17) is 20.4 Å². The zero-order chi connectivity index (χ0) is 16.0. The third-order valence-corrected chi connectivity index (χ3v) is 2.49. The monoisotopic (exact) mass is 320 g/mol. The number of carboxylic acids is 1. The van der Waals surface area contributed by atoms with Gasteiger partial charge in [0, 0.05) is 0 Å². The van der Waals surface area contributed by atoms with Crippen LogP contribution in [0.3, 0.4) is 0 Å². The Morgan fingerprint density at radius 3 is 2.14 bits per heavy atom. The molecule has 22 heavy (non-hydrogen) atoms. The van der Waals surface area contributed by atoms with Crippen LogP contribution in [0.1, 0.15) is 10.4 Å². The molecular formula is C13H13NaO8. The van der Waals surface area contributed by atoms with Gasteiger partial charge in [-0.3, -0.25) is 0 Å². The topological polar surface area (TPSA) is 147 Å². The van der Waals surface area contributed by atoms with E-state index in [0.717, 1.165) is 0 Å². The van der Waals surface area contributed by atoms with Crippen LogP contribution in [0.5, 0.6) is 0 Å². The van der Waals surface area contributed by atoms with E-state index in [-0.39, 0.29) is 35.1 Å². The number of rotatable bonds is 3. The summed E-state index contributed by atoms with van der Waals surface area (Å²) in [5.74, 6) is -3.91. The fourth-order valence-electron chi connectivity index (χ4n) is 1.40. The average Bonchev–Trinajstić information content (AvgIpc) is 2.75. The normalized spacial score (nSPS) is 17.7. The molecule has 1 aromatic rings. The first kappa shape index (κ1) is 20.4. The molecule has 114 valence electrons. The van der Waals surface area contributed by atoms with E-state index >= 15 is 0 Å². The number of hydrogen-bond acceptors (Lipinski definition) is 8. The summed E-state index contributed by atoms with van der Waals surface area (Å²) < 4.78 is 4.32. The van der Waals surface area contributed by atoms with Crippen molar-refractivity contribution in [3.05, 3.63) is 47.4 Å². The Balaban J connectivity index is 0.000000397. The Morgan fingerprint density at radius 2 is 1.82 bits per heavy atom. The van der Waals surface area contributed by atoms with Gasteiger partial charge in [0.25, 0.3) is 0 Å². The van der Waals surface area contributed by atoms with Gasteiger partial charge in [-0.2, -0.15) is 0 Å². The Kier molecular flexibility index (Phi) is 8.76. The summed E-state index contributed by atoms with van der Waals surface area (Å²) in [6, 6.07) is 8.06. The first-order valence-electron chi connectivity index (χ1n) is 5.76. The van der Waals surface area contributed by atoms with Crippen molar-refractivity contribution in [1.29, 1.82) is 0 Å². The van der Waals surface area contributed by atoms with Crippen molar-refractivity contribution in [2.24, 2.45) is 0 Å². The molecule has 0 amide bonds. The van der Waals surface area contributed by atoms with Crippen molar-refractivity contribution in [1.82, 2.24) is 0 Å². The van der Waals surface area contributed by atoms with Crippen LogP contribution in [0.25, 0.3) is 0 Å². The molecular weight excluding hydrogens is 307 g/mol. The fourth-order valence-corrected chi connectivity index (χ4v) is 1.40. The fraction of sp³-hybridized carbons (Fsp3) is 0.231. The van der Waals surface area contributed by atoms with Gasteiger partial charge in [0.05, 0.1) is 12.6 Å². The number of cyclic esters (lactones) is 1. The molecule has 1 aliphatic heterocycles. The Hall–Kier alpha value is -1.58. The third kappa shape index (κ3) is 5.32. The van der Waals surface area contributed by atoms with Gasteiger partial charge >= 0.3 is 35.5 Å². The Bertz CT molecular complexity index is 542. The molecule has 2 atom stereocenters. The SMILES string of the molecule is O=C([O-])c1ccccc1.O=C1O[C@H]([C@@H](O)CO)C(O)=C1O.[Na+]. The van der Waals surface area contributed by atoms with Crippen LogP contribution in [0.4, 0.5) is 0 Å². The summed E-state index contributed by atoms with van der Waals surface area (Å²) in [5.41, 5.74) is 0.220. The van der Waals surface area contributed by atoms with E-state index in [1.807, 2.05) is 0 Å². The molecule has 0 saturated carbocycles. The number of hydrogen-bond donors (Lipinski definition) is 4. The van der Waals surface area contributed by atoms with Crippen molar-refractivity contribution in [3.8, 4) is 0 Å². The van der Waals surface area contributed by atoms with Crippen LogP contribution in [-0.2, 0) is 9.53 Å². The summed E-state index contributed by atoms with van der Waals surface area (Å²) in [4.78, 5) is 20.6. The van der Waals surface area contributed by atoms with Crippen LogP contribution in [0.15, 0.2) is 41.9 Å². The number of ether oxygens (including phenoxy) is 1. The zero-order valence-corrected chi connectivity index (χ0v) is 13.7. The largest absolute Gasteiger partial charge is 1.00 e. The van der Waals surface area contributed by atoms with Crippen molar-refractivity contribution < 1.29 is 69.4 Å². The van der Waals surface area contributed by atoms with E-state index in [1.165, 1.54) is 12.1 Å². The van der Waals surface area contributed by atoms with Crippen LogP contribution in [-0.4, -0.2) is 51.2 Å². The van der Waals surface area contributed by atoms with Crippen molar-refractivity contribution in [3.63, 3.8) is 0 Å². The Labute approximate surface area is 147 Å². The summed E-state index contributed by atoms with van der Waals surface area (Å²) in [5, 5.41) is 45.1. The number of aliphatic hydroxyl groups excluding tert-OH is 4. The molecule has 0 bridgehead atoms. The predicted octanol–water partition coefficient (Wildman–Crippen LogP) is -4.35. The number of esters is 1. The maximum atomic E-state index is 10.5. The number of carbonyl (C=O) groups is 2. The molecule has 0 aromatic heterocycles. The second-order valence-corrected chi connectivity index (χ2v) is 3.96. The van der Waals surface area contributed by atoms with Gasteiger partial charge in [-0.25, -0.2) is 4.79 Å². The van der Waals surface area contributed by atoms with Crippen LogP contribution in [0, 0.1) is 0 Å². The predicted molar refractivity (Wildman–Crippen MR) is 66.0 cm³/mol. The molecule has 0 fully saturated rings. The smallest absolute Gasteiger partial charge is 0.545 e. The van der Waals surface area contributed by atoms with Gasteiger partial charge in [0.1, 0.15) is 6.10 Å². The quantitative estimate of drug-likeness (QED) is 0.323. The van der Waals surface area contributed by atoms with Gasteiger partial charge in [0.2, 0.25) is 5.76 Å². The standard InChI is InChI=1S/C7H6O2.C6H8O6.Na/c8-7(9)6-4-2-1-3-5-6;7-1-2(8)5-3(9)4(10)6(11)12-5;/h1-5H,(H,8,9);2,5,7-10H,1H2;/q;;+1/p-1/t;2-,5+;/m.0./s1. The molecule has 0 aliphatic carbocycles. The maximum absolute atomic E-state index is 10.5. The van der Waals surface area contributed by atoms with Crippen molar-refractivity contribution >= 4 is 11.9 Å². The average molecular weight is 320 g/mol. The first-order chi connectivity index (χ1) is 9.88. The molecule has 0 spiro atoms. The number of carboxylic acid groups (broad SMARTS) is 1. The van der Waals surface area contributed by atoms with Gasteiger partial charge in [0.15, 0.2) is 11.9 Å². The molecule has 1 heterocycles. The van der Waals surface area contributed by atoms with E-state index in [1.54, 1.807) is 18.2 Å². The maximum Gasteiger partial charge on any atom is 1.00 e. The molecule has 0 radical (unpaired) electrons.